The van der Waals surface area contributed by atoms with Crippen molar-refractivity contribution in [2.75, 3.05) is 4.72 Å². The summed E-state index contributed by atoms with van der Waals surface area (Å²) in [5.74, 6) is -0.601. The lowest BCUT2D eigenvalue weighted by atomic mass is 10.2. The topological polar surface area (TPSA) is 46.2 Å². The lowest BCUT2D eigenvalue weighted by Crippen LogP contribution is -2.13. The highest BCUT2D eigenvalue weighted by atomic mass is 32.2. The van der Waals surface area contributed by atoms with E-state index in [-0.39, 0.29) is 10.6 Å². The summed E-state index contributed by atoms with van der Waals surface area (Å²) in [6.07, 6.45) is 0.834. The van der Waals surface area contributed by atoms with E-state index in [0.717, 1.165) is 12.0 Å². The van der Waals surface area contributed by atoms with E-state index in [9.17, 15) is 12.8 Å². The van der Waals surface area contributed by atoms with E-state index >= 15 is 0 Å². The molecule has 0 aromatic heterocycles. The molecular weight excluding hydrogens is 265 g/mol. The Balaban J connectivity index is 2.30. The second-order valence-corrected chi connectivity index (χ2v) is 5.77. The van der Waals surface area contributed by atoms with Gasteiger partial charge in [0.05, 0.1) is 10.6 Å². The van der Waals surface area contributed by atoms with Gasteiger partial charge in [0.1, 0.15) is 5.82 Å². The maximum absolute atomic E-state index is 13.4. The summed E-state index contributed by atoms with van der Waals surface area (Å²) in [6, 6.07) is 12.2. The van der Waals surface area contributed by atoms with Crippen LogP contribution in [0.1, 0.15) is 12.5 Å². The summed E-state index contributed by atoms with van der Waals surface area (Å²) in [6.45, 7) is 1.99. The van der Waals surface area contributed by atoms with Gasteiger partial charge in [0, 0.05) is 0 Å². The Hall–Kier alpha value is -1.88. The van der Waals surface area contributed by atoms with Crippen LogP contribution in [0.3, 0.4) is 0 Å². The van der Waals surface area contributed by atoms with E-state index < -0.39 is 15.8 Å². The Bertz CT molecular complexity index is 666. The zero-order chi connectivity index (χ0) is 13.9. The lowest BCUT2D eigenvalue weighted by Gasteiger charge is -2.09. The number of halogens is 1. The Kier molecular flexibility index (Phi) is 3.85. The molecule has 0 atom stereocenters. The highest BCUT2D eigenvalue weighted by Crippen LogP contribution is 2.19. The fourth-order valence-electron chi connectivity index (χ4n) is 1.65. The highest BCUT2D eigenvalue weighted by molar-refractivity contribution is 7.92. The minimum atomic E-state index is -3.75. The largest absolute Gasteiger partial charge is 0.277 e. The zero-order valence-corrected chi connectivity index (χ0v) is 11.2. The van der Waals surface area contributed by atoms with Crippen molar-refractivity contribution in [3.05, 3.63) is 59.9 Å². The summed E-state index contributed by atoms with van der Waals surface area (Å²) >= 11 is 0. The lowest BCUT2D eigenvalue weighted by molar-refractivity contribution is 0.598. The van der Waals surface area contributed by atoms with E-state index in [4.69, 9.17) is 0 Å². The van der Waals surface area contributed by atoms with Crippen LogP contribution in [-0.2, 0) is 16.4 Å². The molecule has 0 spiro atoms. The maximum Gasteiger partial charge on any atom is 0.261 e. The van der Waals surface area contributed by atoms with Gasteiger partial charge in [-0.05, 0) is 36.2 Å². The van der Waals surface area contributed by atoms with Crippen molar-refractivity contribution in [1.29, 1.82) is 0 Å². The van der Waals surface area contributed by atoms with Crippen molar-refractivity contribution in [1.82, 2.24) is 0 Å². The minimum absolute atomic E-state index is 0.0536. The third kappa shape index (κ3) is 3.12. The number of nitrogens with one attached hydrogen (secondary N) is 1. The summed E-state index contributed by atoms with van der Waals surface area (Å²) in [5.41, 5.74) is 0.993. The first-order valence-electron chi connectivity index (χ1n) is 5.89. The Labute approximate surface area is 112 Å². The van der Waals surface area contributed by atoms with Gasteiger partial charge in [-0.25, -0.2) is 12.8 Å². The third-order valence-corrected chi connectivity index (χ3v) is 4.14. The van der Waals surface area contributed by atoms with Crippen LogP contribution in [0, 0.1) is 5.82 Å². The molecule has 2 aromatic carbocycles. The molecule has 0 aliphatic carbocycles. The van der Waals surface area contributed by atoms with E-state index in [1.807, 2.05) is 6.92 Å². The van der Waals surface area contributed by atoms with Crippen molar-refractivity contribution in [3.8, 4) is 0 Å². The molecule has 0 heterocycles. The van der Waals surface area contributed by atoms with Crippen LogP contribution in [0.4, 0.5) is 10.1 Å². The average Bonchev–Trinajstić information content (AvgIpc) is 2.41. The first kappa shape index (κ1) is 13.5. The van der Waals surface area contributed by atoms with E-state index in [1.165, 1.54) is 30.3 Å². The molecule has 0 amide bonds. The van der Waals surface area contributed by atoms with Gasteiger partial charge in [-0.3, -0.25) is 4.72 Å². The molecule has 0 aliphatic rings. The Morgan fingerprint density at radius 1 is 1.05 bits per heavy atom. The highest BCUT2D eigenvalue weighted by Gasteiger charge is 2.15. The molecule has 0 aliphatic heterocycles. The van der Waals surface area contributed by atoms with Crippen molar-refractivity contribution < 1.29 is 12.8 Å². The molecule has 0 radical (unpaired) electrons. The van der Waals surface area contributed by atoms with Crippen LogP contribution in [0.15, 0.2) is 53.4 Å². The first-order chi connectivity index (χ1) is 9.03. The van der Waals surface area contributed by atoms with E-state index in [1.54, 1.807) is 18.2 Å². The number of sulfonamides is 1. The standard InChI is InChI=1S/C14H14FNO2S/c1-2-11-7-9-12(10-8-11)19(17,18)16-14-6-4-3-5-13(14)15/h3-10,16H,2H2,1H3. The van der Waals surface area contributed by atoms with E-state index in [2.05, 4.69) is 4.72 Å². The molecule has 0 saturated heterocycles. The SMILES string of the molecule is CCc1ccc(S(=O)(=O)Nc2ccccc2F)cc1. The van der Waals surface area contributed by atoms with Crippen molar-refractivity contribution in [2.45, 2.75) is 18.2 Å². The summed E-state index contributed by atoms with van der Waals surface area (Å²) < 4.78 is 39.8. The number of anilines is 1. The molecule has 19 heavy (non-hydrogen) atoms. The first-order valence-corrected chi connectivity index (χ1v) is 7.37. The fourth-order valence-corrected chi connectivity index (χ4v) is 2.72. The average molecular weight is 279 g/mol. The number of para-hydroxylation sites is 1. The van der Waals surface area contributed by atoms with Crippen LogP contribution in [0.25, 0.3) is 0 Å². The number of benzene rings is 2. The second kappa shape index (κ2) is 5.40. The zero-order valence-electron chi connectivity index (χ0n) is 10.4. The van der Waals surface area contributed by atoms with Crippen LogP contribution in [0.2, 0.25) is 0 Å². The van der Waals surface area contributed by atoms with Crippen molar-refractivity contribution in [3.63, 3.8) is 0 Å². The minimum Gasteiger partial charge on any atom is -0.277 e. The van der Waals surface area contributed by atoms with Gasteiger partial charge in [0.15, 0.2) is 0 Å². The van der Waals surface area contributed by atoms with Gasteiger partial charge in [-0.1, -0.05) is 31.2 Å². The molecule has 0 bridgehead atoms. The number of aryl methyl sites for hydroxylation is 1. The van der Waals surface area contributed by atoms with Crippen molar-refractivity contribution >= 4 is 15.7 Å². The monoisotopic (exact) mass is 279 g/mol. The fraction of sp³-hybridized carbons (Fsp3) is 0.143. The summed E-state index contributed by atoms with van der Waals surface area (Å²) in [4.78, 5) is 0.118. The number of rotatable bonds is 4. The van der Waals surface area contributed by atoms with Gasteiger partial charge in [0.2, 0.25) is 0 Å². The van der Waals surface area contributed by atoms with Gasteiger partial charge >= 0.3 is 0 Å². The molecule has 5 heteroatoms. The molecule has 1 N–H and O–H groups in total. The Morgan fingerprint density at radius 2 is 1.68 bits per heavy atom. The molecular formula is C14H14FNO2S. The molecule has 0 saturated carbocycles. The molecule has 2 aromatic rings. The van der Waals surface area contributed by atoms with Crippen molar-refractivity contribution in [2.24, 2.45) is 0 Å². The smallest absolute Gasteiger partial charge is 0.261 e. The van der Waals surface area contributed by atoms with E-state index in [0.29, 0.717) is 0 Å². The Morgan fingerprint density at radius 3 is 2.26 bits per heavy atom. The predicted molar refractivity (Wildman–Crippen MR) is 73.0 cm³/mol. The quantitative estimate of drug-likeness (QED) is 0.934. The summed E-state index contributed by atoms with van der Waals surface area (Å²) in [5, 5.41) is 0. The molecule has 0 fully saturated rings. The molecule has 0 unspecified atom stereocenters. The number of hydrogen-bond acceptors (Lipinski definition) is 2. The van der Waals surface area contributed by atoms with Crippen LogP contribution in [0.5, 0.6) is 0 Å². The summed E-state index contributed by atoms with van der Waals surface area (Å²) in [7, 11) is -3.75. The van der Waals surface area contributed by atoms with Gasteiger partial charge in [-0.15, -0.1) is 0 Å². The second-order valence-electron chi connectivity index (χ2n) is 4.08. The van der Waals surface area contributed by atoms with Gasteiger partial charge < -0.3 is 0 Å². The molecule has 3 nitrogen and oxygen atoms in total. The van der Waals surface area contributed by atoms with Crippen LogP contribution < -0.4 is 4.72 Å². The maximum atomic E-state index is 13.4. The molecule has 100 valence electrons. The van der Waals surface area contributed by atoms with Crippen LogP contribution in [-0.4, -0.2) is 8.42 Å². The predicted octanol–water partition coefficient (Wildman–Crippen LogP) is 3.19. The van der Waals surface area contributed by atoms with Gasteiger partial charge in [0.25, 0.3) is 10.0 Å². The van der Waals surface area contributed by atoms with Gasteiger partial charge in [-0.2, -0.15) is 0 Å². The molecule has 2 rings (SSSR count). The normalized spacial score (nSPS) is 11.3. The number of hydrogen-bond donors (Lipinski definition) is 1. The van der Waals surface area contributed by atoms with Crippen LogP contribution >= 0.6 is 0 Å². The third-order valence-electron chi connectivity index (χ3n) is 2.76.